The molecule has 3 aromatic carbocycles. The highest BCUT2D eigenvalue weighted by Gasteiger charge is 2.11. The van der Waals surface area contributed by atoms with Crippen molar-refractivity contribution in [3.8, 4) is 17.5 Å². The molecule has 5 rings (SSSR count). The van der Waals surface area contributed by atoms with E-state index in [0.29, 0.717) is 12.1 Å². The van der Waals surface area contributed by atoms with Crippen molar-refractivity contribution in [3.63, 3.8) is 0 Å². The van der Waals surface area contributed by atoms with Crippen LogP contribution in [0.5, 0.6) is 0 Å². The molecule has 2 heterocycles. The summed E-state index contributed by atoms with van der Waals surface area (Å²) in [5.74, 6) is 6.22. The van der Waals surface area contributed by atoms with E-state index < -0.39 is 10.0 Å². The minimum absolute atomic E-state index is 0.0570. The number of rotatable bonds is 4. The first-order valence-electron chi connectivity index (χ1n) is 10.6. The summed E-state index contributed by atoms with van der Waals surface area (Å²) in [7, 11) is -3.73. The Morgan fingerprint density at radius 2 is 1.56 bits per heavy atom. The second-order valence-corrected chi connectivity index (χ2v) is 9.42. The zero-order valence-electron chi connectivity index (χ0n) is 18.1. The third-order valence-corrected chi connectivity index (χ3v) is 6.48. The summed E-state index contributed by atoms with van der Waals surface area (Å²) in [6.07, 6.45) is 4.41. The smallest absolute Gasteiger partial charge is 0.238 e. The van der Waals surface area contributed by atoms with Crippen LogP contribution in [-0.2, 0) is 16.4 Å². The fourth-order valence-corrected chi connectivity index (χ4v) is 4.34. The number of aromatic nitrogens is 3. The molecule has 0 fully saturated rings. The van der Waals surface area contributed by atoms with Crippen molar-refractivity contribution in [2.75, 3.05) is 6.54 Å². The van der Waals surface area contributed by atoms with Crippen LogP contribution in [0.4, 0.5) is 0 Å². The Balaban J connectivity index is 1.56. The lowest BCUT2D eigenvalue weighted by atomic mass is 10.1. The Morgan fingerprint density at radius 1 is 0.853 bits per heavy atom. The molecule has 0 amide bonds. The molecular weight excluding hydrogens is 446 g/mol. The van der Waals surface area contributed by atoms with Crippen LogP contribution in [0.25, 0.3) is 27.6 Å². The van der Waals surface area contributed by atoms with Crippen LogP contribution in [-0.4, -0.2) is 29.5 Å². The topological polar surface area (TPSA) is 117 Å². The van der Waals surface area contributed by atoms with E-state index >= 15 is 0 Å². The Hall–Kier alpha value is -4.03. The van der Waals surface area contributed by atoms with Crippen molar-refractivity contribution < 1.29 is 8.42 Å². The van der Waals surface area contributed by atoms with E-state index in [1.54, 1.807) is 24.7 Å². The summed E-state index contributed by atoms with van der Waals surface area (Å²) in [5.41, 5.74) is 12.0. The SMILES string of the molecule is NCCc1ccc(-n2cnc3cnc4ccc(C#Cc5ccc(S(N)(=O)=O)cc5)cc4c32)cc1. The average molecular weight is 468 g/mol. The number of benzene rings is 3. The van der Waals surface area contributed by atoms with Crippen molar-refractivity contribution in [1.82, 2.24) is 14.5 Å². The first kappa shape index (κ1) is 21.8. The maximum atomic E-state index is 11.4. The van der Waals surface area contributed by atoms with Gasteiger partial charge < -0.3 is 5.73 Å². The van der Waals surface area contributed by atoms with E-state index in [4.69, 9.17) is 10.9 Å². The van der Waals surface area contributed by atoms with Gasteiger partial charge in [0.05, 0.1) is 22.1 Å². The van der Waals surface area contributed by atoms with Gasteiger partial charge in [0.15, 0.2) is 0 Å². The number of nitrogens with zero attached hydrogens (tertiary/aromatic N) is 3. The van der Waals surface area contributed by atoms with Gasteiger partial charge in [-0.2, -0.15) is 0 Å². The van der Waals surface area contributed by atoms with Crippen LogP contribution in [0.3, 0.4) is 0 Å². The van der Waals surface area contributed by atoms with E-state index in [-0.39, 0.29) is 4.90 Å². The van der Waals surface area contributed by atoms with Gasteiger partial charge in [-0.3, -0.25) is 9.55 Å². The van der Waals surface area contributed by atoms with Crippen LogP contribution in [0, 0.1) is 11.8 Å². The predicted molar refractivity (Wildman–Crippen MR) is 133 cm³/mol. The first-order chi connectivity index (χ1) is 16.4. The van der Waals surface area contributed by atoms with E-state index in [2.05, 4.69) is 50.6 Å². The zero-order valence-corrected chi connectivity index (χ0v) is 19.0. The maximum absolute atomic E-state index is 11.4. The monoisotopic (exact) mass is 467 g/mol. The maximum Gasteiger partial charge on any atom is 0.238 e. The molecule has 5 aromatic rings. The number of pyridine rings is 1. The molecule has 0 aliphatic heterocycles. The molecule has 0 aliphatic rings. The number of imidazole rings is 1. The van der Waals surface area contributed by atoms with Crippen LogP contribution in [0.1, 0.15) is 16.7 Å². The fraction of sp³-hybridized carbons (Fsp3) is 0.0769. The Kier molecular flexibility index (Phi) is 5.59. The van der Waals surface area contributed by atoms with Crippen LogP contribution in [0.2, 0.25) is 0 Å². The number of primary sulfonamides is 1. The van der Waals surface area contributed by atoms with Gasteiger partial charge in [0.2, 0.25) is 10.0 Å². The minimum atomic E-state index is -3.73. The zero-order chi connectivity index (χ0) is 23.7. The van der Waals surface area contributed by atoms with Gasteiger partial charge in [0.1, 0.15) is 11.8 Å². The van der Waals surface area contributed by atoms with E-state index in [0.717, 1.165) is 39.6 Å². The normalized spacial score (nSPS) is 11.5. The highest BCUT2D eigenvalue weighted by Crippen LogP contribution is 2.26. The summed E-state index contributed by atoms with van der Waals surface area (Å²) in [6, 6.07) is 20.3. The summed E-state index contributed by atoms with van der Waals surface area (Å²) in [6.45, 7) is 0.615. The van der Waals surface area contributed by atoms with Crippen LogP contribution in [0.15, 0.2) is 84.1 Å². The average Bonchev–Trinajstić information content (AvgIpc) is 3.28. The second-order valence-electron chi connectivity index (χ2n) is 7.86. The van der Waals surface area contributed by atoms with Gasteiger partial charge in [0, 0.05) is 22.2 Å². The molecule has 168 valence electrons. The van der Waals surface area contributed by atoms with Crippen LogP contribution >= 0.6 is 0 Å². The summed E-state index contributed by atoms with van der Waals surface area (Å²) in [4.78, 5) is 9.14. The van der Waals surface area contributed by atoms with Crippen molar-refractivity contribution in [3.05, 3.63) is 95.9 Å². The summed E-state index contributed by atoms with van der Waals surface area (Å²) in [5, 5.41) is 6.10. The van der Waals surface area contributed by atoms with E-state index in [1.165, 1.54) is 17.7 Å². The molecule has 0 bridgehead atoms. The number of fused-ring (bicyclic) bond motifs is 3. The lowest BCUT2D eigenvalue weighted by Gasteiger charge is -2.08. The lowest BCUT2D eigenvalue weighted by molar-refractivity contribution is 0.598. The van der Waals surface area contributed by atoms with Gasteiger partial charge >= 0.3 is 0 Å². The lowest BCUT2D eigenvalue weighted by Crippen LogP contribution is -2.11. The minimum Gasteiger partial charge on any atom is -0.330 e. The third-order valence-electron chi connectivity index (χ3n) is 5.55. The first-order valence-corrected chi connectivity index (χ1v) is 12.2. The quantitative estimate of drug-likeness (QED) is 0.394. The van der Waals surface area contributed by atoms with Gasteiger partial charge in [-0.05, 0) is 73.1 Å². The number of nitrogens with two attached hydrogens (primary N) is 2. The standard InChI is InChI=1S/C26H21N5O2S/c27-14-13-19-3-8-21(9-4-19)31-17-30-25-16-29-24-12-7-20(15-23(24)26(25)31)2-1-18-5-10-22(11-6-18)34(28,32)33/h3-12,15-17H,13-14,27H2,(H2,28,32,33). The highest BCUT2D eigenvalue weighted by molar-refractivity contribution is 7.89. The fourth-order valence-electron chi connectivity index (χ4n) is 3.83. The van der Waals surface area contributed by atoms with Gasteiger partial charge in [-0.1, -0.05) is 24.0 Å². The largest absolute Gasteiger partial charge is 0.330 e. The second kappa shape index (κ2) is 8.72. The van der Waals surface area contributed by atoms with Gasteiger partial charge in [0.25, 0.3) is 0 Å². The van der Waals surface area contributed by atoms with Crippen molar-refractivity contribution in [2.24, 2.45) is 10.9 Å². The van der Waals surface area contributed by atoms with Gasteiger partial charge in [-0.25, -0.2) is 18.5 Å². The van der Waals surface area contributed by atoms with E-state index in [9.17, 15) is 8.42 Å². The summed E-state index contributed by atoms with van der Waals surface area (Å²) < 4.78 is 24.9. The molecular formula is C26H21N5O2S. The molecule has 34 heavy (non-hydrogen) atoms. The molecule has 0 spiro atoms. The molecule has 0 atom stereocenters. The molecule has 0 aliphatic carbocycles. The Labute approximate surface area is 197 Å². The molecule has 7 nitrogen and oxygen atoms in total. The molecule has 0 radical (unpaired) electrons. The number of hydrogen-bond acceptors (Lipinski definition) is 5. The molecule has 0 saturated carbocycles. The Morgan fingerprint density at radius 3 is 2.26 bits per heavy atom. The van der Waals surface area contributed by atoms with Crippen molar-refractivity contribution in [2.45, 2.75) is 11.3 Å². The Bertz CT molecular complexity index is 1680. The molecule has 0 unspecified atom stereocenters. The van der Waals surface area contributed by atoms with Crippen molar-refractivity contribution >= 4 is 32.0 Å². The number of sulfonamides is 1. The third kappa shape index (κ3) is 4.28. The molecule has 8 heteroatoms. The van der Waals surface area contributed by atoms with Crippen LogP contribution < -0.4 is 10.9 Å². The summed E-state index contributed by atoms with van der Waals surface area (Å²) >= 11 is 0. The van der Waals surface area contributed by atoms with Crippen molar-refractivity contribution in [1.29, 1.82) is 0 Å². The molecule has 0 saturated heterocycles. The molecule has 4 N–H and O–H groups in total. The molecule has 2 aromatic heterocycles. The number of hydrogen-bond donors (Lipinski definition) is 2. The van der Waals surface area contributed by atoms with E-state index in [1.807, 2.05) is 18.2 Å². The van der Waals surface area contributed by atoms with Gasteiger partial charge in [-0.15, -0.1) is 0 Å². The predicted octanol–water partition coefficient (Wildman–Crippen LogP) is 3.12. The highest BCUT2D eigenvalue weighted by atomic mass is 32.2.